The van der Waals surface area contributed by atoms with E-state index in [4.69, 9.17) is 0 Å². The summed E-state index contributed by atoms with van der Waals surface area (Å²) in [6, 6.07) is 7.78. The number of carboxylic acid groups (broad SMARTS) is 1. The lowest BCUT2D eigenvalue weighted by molar-refractivity contribution is -0.255. The summed E-state index contributed by atoms with van der Waals surface area (Å²) in [6.45, 7) is 2.00. The van der Waals surface area contributed by atoms with Crippen LogP contribution in [0.3, 0.4) is 0 Å². The van der Waals surface area contributed by atoms with Gasteiger partial charge in [-0.1, -0.05) is 29.8 Å². The van der Waals surface area contributed by atoms with Gasteiger partial charge in [-0.3, -0.25) is 0 Å². The standard InChI is InChI=1S/C11H9NO2S/c1-7-2-4-8(5-3-7)10-12-9(6-15-10)11(13)14/h2-6H,1H3,(H,13,14)/p-1. The second-order valence-corrected chi connectivity index (χ2v) is 4.05. The molecule has 76 valence electrons. The summed E-state index contributed by atoms with van der Waals surface area (Å²) in [4.78, 5) is 14.5. The Morgan fingerprint density at radius 1 is 1.33 bits per heavy atom. The van der Waals surface area contributed by atoms with Crippen LogP contribution in [0.5, 0.6) is 0 Å². The van der Waals surface area contributed by atoms with Crippen LogP contribution in [0.4, 0.5) is 0 Å². The predicted octanol–water partition coefficient (Wildman–Crippen LogP) is 1.48. The van der Waals surface area contributed by atoms with Gasteiger partial charge >= 0.3 is 0 Å². The molecule has 0 fully saturated rings. The summed E-state index contributed by atoms with van der Waals surface area (Å²) in [5.41, 5.74) is 2.09. The van der Waals surface area contributed by atoms with Crippen molar-refractivity contribution in [2.45, 2.75) is 6.92 Å². The number of carbonyl (C=O) groups is 1. The zero-order valence-corrected chi connectivity index (χ0v) is 8.88. The summed E-state index contributed by atoms with van der Waals surface area (Å²) in [7, 11) is 0. The summed E-state index contributed by atoms with van der Waals surface area (Å²) in [5.74, 6) is -1.23. The second kappa shape index (κ2) is 3.82. The minimum Gasteiger partial charge on any atom is -0.543 e. The molecule has 1 aromatic heterocycles. The van der Waals surface area contributed by atoms with E-state index in [0.29, 0.717) is 5.01 Å². The van der Waals surface area contributed by atoms with Crippen LogP contribution in [-0.4, -0.2) is 11.0 Å². The van der Waals surface area contributed by atoms with Gasteiger partial charge in [-0.05, 0) is 6.92 Å². The fourth-order valence-corrected chi connectivity index (χ4v) is 1.99. The molecular formula is C11H8NO2S-. The average Bonchev–Trinajstić information content (AvgIpc) is 2.68. The Morgan fingerprint density at radius 3 is 2.53 bits per heavy atom. The van der Waals surface area contributed by atoms with Crippen molar-refractivity contribution in [3.63, 3.8) is 0 Å². The Labute approximate surface area is 91.0 Å². The highest BCUT2D eigenvalue weighted by molar-refractivity contribution is 7.13. The summed E-state index contributed by atoms with van der Waals surface area (Å²) in [5, 5.41) is 12.7. The molecule has 1 aromatic carbocycles. The predicted molar refractivity (Wildman–Crippen MR) is 56.6 cm³/mol. The molecule has 0 N–H and O–H groups in total. The van der Waals surface area contributed by atoms with Gasteiger partial charge < -0.3 is 9.90 Å². The Balaban J connectivity index is 2.37. The van der Waals surface area contributed by atoms with E-state index in [0.717, 1.165) is 11.1 Å². The van der Waals surface area contributed by atoms with Crippen molar-refractivity contribution < 1.29 is 9.90 Å². The van der Waals surface area contributed by atoms with Crippen LogP contribution >= 0.6 is 11.3 Å². The molecule has 1 heterocycles. The smallest absolute Gasteiger partial charge is 0.124 e. The van der Waals surface area contributed by atoms with Crippen molar-refractivity contribution in [3.05, 3.63) is 40.9 Å². The highest BCUT2D eigenvalue weighted by Crippen LogP contribution is 2.23. The van der Waals surface area contributed by atoms with Crippen LogP contribution in [-0.2, 0) is 0 Å². The van der Waals surface area contributed by atoms with Crippen LogP contribution in [0.2, 0.25) is 0 Å². The maximum atomic E-state index is 10.5. The number of aromatic carboxylic acids is 1. The van der Waals surface area contributed by atoms with Crippen LogP contribution in [0, 0.1) is 6.92 Å². The zero-order valence-electron chi connectivity index (χ0n) is 8.06. The van der Waals surface area contributed by atoms with E-state index >= 15 is 0 Å². The third kappa shape index (κ3) is 2.05. The highest BCUT2D eigenvalue weighted by atomic mass is 32.1. The van der Waals surface area contributed by atoms with Crippen LogP contribution in [0.15, 0.2) is 29.6 Å². The molecule has 15 heavy (non-hydrogen) atoms. The van der Waals surface area contributed by atoms with Crippen LogP contribution in [0.1, 0.15) is 16.1 Å². The van der Waals surface area contributed by atoms with Crippen molar-refractivity contribution in [1.82, 2.24) is 4.98 Å². The monoisotopic (exact) mass is 218 g/mol. The molecule has 0 bridgehead atoms. The van der Waals surface area contributed by atoms with E-state index in [-0.39, 0.29) is 5.69 Å². The van der Waals surface area contributed by atoms with Gasteiger partial charge in [0.1, 0.15) is 5.01 Å². The number of nitrogens with zero attached hydrogens (tertiary/aromatic N) is 1. The fourth-order valence-electron chi connectivity index (χ4n) is 1.20. The Kier molecular flexibility index (Phi) is 2.51. The molecule has 0 aliphatic rings. The van der Waals surface area contributed by atoms with Gasteiger partial charge in [0, 0.05) is 10.9 Å². The number of benzene rings is 1. The number of carbonyl (C=O) groups excluding carboxylic acids is 1. The minimum absolute atomic E-state index is 0.00410. The van der Waals surface area contributed by atoms with E-state index in [9.17, 15) is 9.90 Å². The van der Waals surface area contributed by atoms with Crippen molar-refractivity contribution in [2.75, 3.05) is 0 Å². The maximum absolute atomic E-state index is 10.5. The molecule has 3 nitrogen and oxygen atoms in total. The molecule has 0 aliphatic heterocycles. The molecule has 0 saturated heterocycles. The lowest BCUT2D eigenvalue weighted by Crippen LogP contribution is -2.22. The minimum atomic E-state index is -1.23. The number of rotatable bonds is 2. The van der Waals surface area contributed by atoms with Gasteiger partial charge in [-0.15, -0.1) is 11.3 Å². The van der Waals surface area contributed by atoms with E-state index in [1.54, 1.807) is 0 Å². The molecule has 0 spiro atoms. The Morgan fingerprint density at radius 2 is 2.00 bits per heavy atom. The Hall–Kier alpha value is -1.68. The number of carboxylic acids is 1. The normalized spacial score (nSPS) is 10.2. The molecule has 4 heteroatoms. The summed E-state index contributed by atoms with van der Waals surface area (Å²) in [6.07, 6.45) is 0. The van der Waals surface area contributed by atoms with Gasteiger partial charge in [-0.25, -0.2) is 4.98 Å². The Bertz CT molecular complexity index is 488. The van der Waals surface area contributed by atoms with E-state index < -0.39 is 5.97 Å². The molecule has 0 amide bonds. The number of hydrogen-bond acceptors (Lipinski definition) is 4. The highest BCUT2D eigenvalue weighted by Gasteiger charge is 2.04. The first-order chi connectivity index (χ1) is 7.16. The average molecular weight is 218 g/mol. The van der Waals surface area contributed by atoms with Crippen molar-refractivity contribution in [3.8, 4) is 10.6 Å². The van der Waals surface area contributed by atoms with E-state index in [2.05, 4.69) is 4.98 Å². The van der Waals surface area contributed by atoms with E-state index in [1.165, 1.54) is 16.7 Å². The van der Waals surface area contributed by atoms with Gasteiger partial charge in [0.2, 0.25) is 0 Å². The number of thiazole rings is 1. The van der Waals surface area contributed by atoms with Gasteiger partial charge in [0.05, 0.1) is 11.7 Å². The molecule has 0 saturated carbocycles. The van der Waals surface area contributed by atoms with Gasteiger partial charge in [-0.2, -0.15) is 0 Å². The third-order valence-electron chi connectivity index (χ3n) is 2.01. The van der Waals surface area contributed by atoms with Crippen molar-refractivity contribution >= 4 is 17.3 Å². The molecule has 0 atom stereocenters. The topological polar surface area (TPSA) is 53.0 Å². The van der Waals surface area contributed by atoms with Gasteiger partial charge in [0.25, 0.3) is 0 Å². The van der Waals surface area contributed by atoms with Crippen LogP contribution in [0.25, 0.3) is 10.6 Å². The molecule has 0 unspecified atom stereocenters. The van der Waals surface area contributed by atoms with Crippen molar-refractivity contribution in [1.29, 1.82) is 0 Å². The SMILES string of the molecule is Cc1ccc(-c2nc(C(=O)[O-])cs2)cc1. The summed E-state index contributed by atoms with van der Waals surface area (Å²) >= 11 is 1.30. The largest absolute Gasteiger partial charge is 0.543 e. The van der Waals surface area contributed by atoms with Crippen LogP contribution < -0.4 is 5.11 Å². The van der Waals surface area contributed by atoms with Crippen molar-refractivity contribution in [2.24, 2.45) is 0 Å². The summed E-state index contributed by atoms with van der Waals surface area (Å²) < 4.78 is 0. The molecule has 2 rings (SSSR count). The zero-order chi connectivity index (χ0) is 10.8. The molecule has 0 radical (unpaired) electrons. The lowest BCUT2D eigenvalue weighted by atomic mass is 10.2. The number of aryl methyl sites for hydroxylation is 1. The van der Waals surface area contributed by atoms with Gasteiger partial charge in [0.15, 0.2) is 0 Å². The first-order valence-electron chi connectivity index (χ1n) is 4.41. The fraction of sp³-hybridized carbons (Fsp3) is 0.0909. The quantitative estimate of drug-likeness (QED) is 0.767. The maximum Gasteiger partial charge on any atom is 0.124 e. The lowest BCUT2D eigenvalue weighted by Gasteiger charge is -1.97. The number of hydrogen-bond donors (Lipinski definition) is 0. The first kappa shape index (κ1) is 9.86. The molecule has 0 aliphatic carbocycles. The third-order valence-corrected chi connectivity index (χ3v) is 2.90. The van der Waals surface area contributed by atoms with E-state index in [1.807, 2.05) is 31.2 Å². The first-order valence-corrected chi connectivity index (χ1v) is 5.28. The second-order valence-electron chi connectivity index (χ2n) is 3.19. The molecule has 2 aromatic rings. The number of aromatic nitrogens is 1. The molecular weight excluding hydrogens is 210 g/mol.